The maximum absolute atomic E-state index is 12.5. The Bertz CT molecular complexity index is 1050. The third-order valence-electron chi connectivity index (χ3n) is 5.39. The Labute approximate surface area is 187 Å². The molecule has 4 rings (SSSR count). The van der Waals surface area contributed by atoms with Crippen molar-refractivity contribution in [3.8, 4) is 22.9 Å². The molecular weight excluding hydrogens is 408 g/mol. The number of hydrogen-bond donors (Lipinski definition) is 0. The van der Waals surface area contributed by atoms with Crippen LogP contribution < -0.4 is 9.47 Å². The highest BCUT2D eigenvalue weighted by molar-refractivity contribution is 5.91. The zero-order valence-corrected chi connectivity index (χ0v) is 18.2. The van der Waals surface area contributed by atoms with Gasteiger partial charge in [0.2, 0.25) is 17.6 Å². The molecule has 0 bridgehead atoms. The fraction of sp³-hybridized carbons (Fsp3) is 0.292. The van der Waals surface area contributed by atoms with E-state index in [-0.39, 0.29) is 5.91 Å². The molecule has 0 N–H and O–H groups in total. The summed E-state index contributed by atoms with van der Waals surface area (Å²) in [6, 6.07) is 15.1. The van der Waals surface area contributed by atoms with Crippen LogP contribution in [0, 0.1) is 0 Å². The average molecular weight is 434 g/mol. The first-order valence-electron chi connectivity index (χ1n) is 10.4. The van der Waals surface area contributed by atoms with Crippen LogP contribution in [0.1, 0.15) is 11.5 Å². The minimum atomic E-state index is 0.0139. The van der Waals surface area contributed by atoms with E-state index >= 15 is 0 Å². The Morgan fingerprint density at radius 1 is 0.969 bits per heavy atom. The summed E-state index contributed by atoms with van der Waals surface area (Å²) < 4.78 is 15.7. The highest BCUT2D eigenvalue weighted by Crippen LogP contribution is 2.20. The van der Waals surface area contributed by atoms with Crippen molar-refractivity contribution in [2.75, 3.05) is 40.4 Å². The summed E-state index contributed by atoms with van der Waals surface area (Å²) in [6.45, 7) is 3.38. The van der Waals surface area contributed by atoms with Gasteiger partial charge in [-0.25, -0.2) is 0 Å². The van der Waals surface area contributed by atoms with E-state index in [1.165, 1.54) is 0 Å². The Hall–Kier alpha value is -3.65. The van der Waals surface area contributed by atoms with E-state index in [9.17, 15) is 4.79 Å². The summed E-state index contributed by atoms with van der Waals surface area (Å²) in [7, 11) is 3.26. The smallest absolute Gasteiger partial charge is 0.246 e. The average Bonchev–Trinajstić information content (AvgIpc) is 3.32. The summed E-state index contributed by atoms with van der Waals surface area (Å²) >= 11 is 0. The van der Waals surface area contributed by atoms with Crippen molar-refractivity contribution in [3.63, 3.8) is 0 Å². The van der Waals surface area contributed by atoms with Gasteiger partial charge in [0.25, 0.3) is 0 Å². The van der Waals surface area contributed by atoms with Crippen LogP contribution in [0.25, 0.3) is 17.5 Å². The predicted octanol–water partition coefficient (Wildman–Crippen LogP) is 3.11. The molecule has 32 heavy (non-hydrogen) atoms. The molecule has 1 aliphatic rings. The number of benzene rings is 2. The molecule has 0 atom stereocenters. The summed E-state index contributed by atoms with van der Waals surface area (Å²) in [4.78, 5) is 21.1. The lowest BCUT2D eigenvalue weighted by Gasteiger charge is -2.33. The van der Waals surface area contributed by atoms with Gasteiger partial charge in [-0.2, -0.15) is 4.98 Å². The molecule has 0 radical (unpaired) electrons. The van der Waals surface area contributed by atoms with E-state index in [0.29, 0.717) is 31.3 Å². The largest absolute Gasteiger partial charge is 0.497 e. The van der Waals surface area contributed by atoms with E-state index < -0.39 is 0 Å². The number of ether oxygens (including phenoxy) is 2. The van der Waals surface area contributed by atoms with Crippen LogP contribution in [0.4, 0.5) is 0 Å². The first-order chi connectivity index (χ1) is 15.6. The van der Waals surface area contributed by atoms with Crippen LogP contribution in [0.3, 0.4) is 0 Å². The molecule has 166 valence electrons. The van der Waals surface area contributed by atoms with E-state index in [1.54, 1.807) is 20.3 Å². The lowest BCUT2D eigenvalue weighted by molar-refractivity contribution is -0.127. The molecule has 0 saturated carbocycles. The molecule has 3 aromatic rings. The van der Waals surface area contributed by atoms with E-state index in [0.717, 1.165) is 35.7 Å². The molecule has 0 spiro atoms. The quantitative estimate of drug-likeness (QED) is 0.529. The molecule has 1 aromatic heterocycles. The van der Waals surface area contributed by atoms with Crippen molar-refractivity contribution in [1.29, 1.82) is 0 Å². The maximum atomic E-state index is 12.5. The highest BCUT2D eigenvalue weighted by Gasteiger charge is 2.21. The second-order valence-electron chi connectivity index (χ2n) is 7.45. The molecular formula is C24H26N4O4. The number of rotatable bonds is 7. The minimum absolute atomic E-state index is 0.0139. The van der Waals surface area contributed by atoms with Crippen molar-refractivity contribution < 1.29 is 18.8 Å². The van der Waals surface area contributed by atoms with Crippen LogP contribution in [-0.4, -0.2) is 66.2 Å². The zero-order valence-electron chi connectivity index (χ0n) is 18.2. The molecule has 8 nitrogen and oxygen atoms in total. The van der Waals surface area contributed by atoms with Crippen molar-refractivity contribution >= 4 is 12.0 Å². The SMILES string of the molecule is COc1ccc(C=CC(=O)N2CCN(Cc3nc(-c4ccc(OC)cc4)no3)CC2)cc1. The summed E-state index contributed by atoms with van der Waals surface area (Å²) in [5, 5.41) is 4.08. The van der Waals surface area contributed by atoms with Gasteiger partial charge >= 0.3 is 0 Å². The number of hydrogen-bond acceptors (Lipinski definition) is 7. The van der Waals surface area contributed by atoms with E-state index in [4.69, 9.17) is 14.0 Å². The summed E-state index contributed by atoms with van der Waals surface area (Å²) in [5.41, 5.74) is 1.83. The lowest BCUT2D eigenvalue weighted by atomic mass is 10.2. The maximum Gasteiger partial charge on any atom is 0.246 e. The lowest BCUT2D eigenvalue weighted by Crippen LogP contribution is -2.47. The second-order valence-corrected chi connectivity index (χ2v) is 7.45. The monoisotopic (exact) mass is 434 g/mol. The second kappa shape index (κ2) is 10.1. The number of methoxy groups -OCH3 is 2. The van der Waals surface area contributed by atoms with Crippen molar-refractivity contribution in [2.45, 2.75) is 6.54 Å². The molecule has 1 saturated heterocycles. The van der Waals surface area contributed by atoms with Crippen LogP contribution >= 0.6 is 0 Å². The van der Waals surface area contributed by atoms with Gasteiger partial charge in [0.1, 0.15) is 11.5 Å². The van der Waals surface area contributed by atoms with Gasteiger partial charge < -0.3 is 18.9 Å². The van der Waals surface area contributed by atoms with Gasteiger partial charge in [-0.3, -0.25) is 9.69 Å². The molecule has 0 aliphatic carbocycles. The molecule has 1 fully saturated rings. The zero-order chi connectivity index (χ0) is 22.3. The Morgan fingerprint density at radius 3 is 2.22 bits per heavy atom. The minimum Gasteiger partial charge on any atom is -0.497 e. The summed E-state index contributed by atoms with van der Waals surface area (Å²) in [6.07, 6.45) is 3.45. The normalized spacial score (nSPS) is 14.6. The fourth-order valence-electron chi connectivity index (χ4n) is 3.48. The van der Waals surface area contributed by atoms with Gasteiger partial charge in [-0.1, -0.05) is 17.3 Å². The van der Waals surface area contributed by atoms with Crippen LogP contribution in [0.2, 0.25) is 0 Å². The van der Waals surface area contributed by atoms with E-state index in [1.807, 2.05) is 59.5 Å². The third kappa shape index (κ3) is 5.33. The number of carbonyl (C=O) groups is 1. The van der Waals surface area contributed by atoms with Crippen LogP contribution in [0.15, 0.2) is 59.1 Å². The molecule has 1 amide bonds. The number of aromatic nitrogens is 2. The van der Waals surface area contributed by atoms with Crippen molar-refractivity contribution in [2.24, 2.45) is 0 Å². The van der Waals surface area contributed by atoms with E-state index in [2.05, 4.69) is 15.0 Å². The third-order valence-corrected chi connectivity index (χ3v) is 5.39. The number of carbonyl (C=O) groups excluding carboxylic acids is 1. The molecule has 2 heterocycles. The van der Waals surface area contributed by atoms with Crippen molar-refractivity contribution in [3.05, 3.63) is 66.1 Å². The molecule has 0 unspecified atom stereocenters. The predicted molar refractivity (Wildman–Crippen MR) is 120 cm³/mol. The van der Waals surface area contributed by atoms with Gasteiger partial charge in [-0.15, -0.1) is 0 Å². The van der Waals surface area contributed by atoms with Gasteiger partial charge in [0, 0.05) is 37.8 Å². The van der Waals surface area contributed by atoms with Crippen molar-refractivity contribution in [1.82, 2.24) is 19.9 Å². The first kappa shape index (κ1) is 21.6. The molecule has 1 aliphatic heterocycles. The standard InChI is InChI=1S/C24H26N4O4/c1-30-20-8-3-18(4-9-20)5-12-23(29)28-15-13-27(14-16-28)17-22-25-24(26-32-22)19-6-10-21(31-2)11-7-19/h3-12H,13-17H2,1-2H3. The van der Waals surface area contributed by atoms with Gasteiger partial charge in [-0.05, 0) is 48.0 Å². The van der Waals surface area contributed by atoms with Crippen LogP contribution in [-0.2, 0) is 11.3 Å². The van der Waals surface area contributed by atoms with Gasteiger partial charge in [0.15, 0.2) is 0 Å². The molecule has 8 heteroatoms. The number of nitrogens with zero attached hydrogens (tertiary/aromatic N) is 4. The van der Waals surface area contributed by atoms with Gasteiger partial charge in [0.05, 0.1) is 20.8 Å². The fourth-order valence-corrected chi connectivity index (χ4v) is 3.48. The topological polar surface area (TPSA) is 80.9 Å². The summed E-state index contributed by atoms with van der Waals surface area (Å²) in [5.74, 6) is 2.71. The first-order valence-corrected chi connectivity index (χ1v) is 10.4. The Kier molecular flexibility index (Phi) is 6.81. The Balaban J connectivity index is 1.26. The number of piperazine rings is 1. The Morgan fingerprint density at radius 2 is 1.59 bits per heavy atom. The molecule has 2 aromatic carbocycles. The van der Waals surface area contributed by atoms with Crippen LogP contribution in [0.5, 0.6) is 11.5 Å². The highest BCUT2D eigenvalue weighted by atomic mass is 16.5. The number of amides is 1.